The summed E-state index contributed by atoms with van der Waals surface area (Å²) in [4.78, 5) is 24.3. The third kappa shape index (κ3) is 4.03. The van der Waals surface area contributed by atoms with Gasteiger partial charge in [-0.25, -0.2) is 9.80 Å². The molecule has 0 radical (unpaired) electrons. The van der Waals surface area contributed by atoms with E-state index in [1.807, 2.05) is 18.2 Å². The van der Waals surface area contributed by atoms with Gasteiger partial charge in [0.05, 0.1) is 25.5 Å². The number of methoxy groups -OCH3 is 2. The second-order valence-corrected chi connectivity index (χ2v) is 7.63. The standard InChI is InChI=1S/C24H24N2O5/c1-30-20-12-11-17(13-21(20)31-2)22-19-6-4-3-5-18(19)14-26(25-22)23(27)15-7-9-16(10-8-15)24(28)29/h3-4,7-13,18-19H,5-6,14H2,1-2H3,(H,28,29)/t18-,19-/m0/s1. The number of carbonyl (C=O) groups is 2. The number of nitrogens with zero attached hydrogens (tertiary/aromatic N) is 2. The Hall–Kier alpha value is -3.61. The summed E-state index contributed by atoms with van der Waals surface area (Å²) < 4.78 is 10.8. The zero-order valence-corrected chi connectivity index (χ0v) is 17.4. The Balaban J connectivity index is 1.71. The second kappa shape index (κ2) is 8.63. The van der Waals surface area contributed by atoms with Gasteiger partial charge in [0.2, 0.25) is 0 Å². The van der Waals surface area contributed by atoms with E-state index in [4.69, 9.17) is 19.7 Å². The smallest absolute Gasteiger partial charge is 0.335 e. The molecule has 7 heteroatoms. The number of benzene rings is 2. The zero-order valence-electron chi connectivity index (χ0n) is 17.4. The summed E-state index contributed by atoms with van der Waals surface area (Å²) in [6, 6.07) is 11.6. The van der Waals surface area contributed by atoms with E-state index in [9.17, 15) is 9.59 Å². The van der Waals surface area contributed by atoms with Crippen LogP contribution in [0.4, 0.5) is 0 Å². The molecule has 0 aromatic heterocycles. The highest BCUT2D eigenvalue weighted by molar-refractivity contribution is 6.05. The number of carboxylic acid groups (broad SMARTS) is 1. The van der Waals surface area contributed by atoms with E-state index in [2.05, 4.69) is 12.2 Å². The number of aromatic carboxylic acids is 1. The highest BCUT2D eigenvalue weighted by Crippen LogP contribution is 2.36. The molecule has 2 aliphatic rings. The van der Waals surface area contributed by atoms with Crippen LogP contribution in [-0.2, 0) is 0 Å². The van der Waals surface area contributed by atoms with Gasteiger partial charge in [-0.05, 0) is 61.2 Å². The largest absolute Gasteiger partial charge is 0.493 e. The van der Waals surface area contributed by atoms with E-state index in [0.29, 0.717) is 23.6 Å². The summed E-state index contributed by atoms with van der Waals surface area (Å²) in [6.07, 6.45) is 6.06. The number of allylic oxidation sites excluding steroid dienone is 2. The van der Waals surface area contributed by atoms with Gasteiger partial charge in [-0.3, -0.25) is 4.79 Å². The molecule has 160 valence electrons. The number of rotatable bonds is 5. The third-order valence-electron chi connectivity index (χ3n) is 5.84. The summed E-state index contributed by atoms with van der Waals surface area (Å²) in [6.45, 7) is 0.519. The van der Waals surface area contributed by atoms with Crippen molar-refractivity contribution >= 4 is 17.6 Å². The van der Waals surface area contributed by atoms with Crippen molar-refractivity contribution in [1.29, 1.82) is 0 Å². The minimum Gasteiger partial charge on any atom is -0.493 e. The molecule has 0 saturated heterocycles. The molecule has 2 aromatic rings. The lowest BCUT2D eigenvalue weighted by molar-refractivity contribution is 0.0684. The number of hydrogen-bond acceptors (Lipinski definition) is 5. The Morgan fingerprint density at radius 3 is 2.32 bits per heavy atom. The number of carbonyl (C=O) groups excluding carboxylic acids is 1. The van der Waals surface area contributed by atoms with Gasteiger partial charge in [0, 0.05) is 23.6 Å². The molecule has 1 aliphatic carbocycles. The molecule has 1 N–H and O–H groups in total. The Labute approximate surface area is 180 Å². The van der Waals surface area contributed by atoms with Gasteiger partial charge in [0.1, 0.15) is 0 Å². The molecule has 1 aliphatic heterocycles. The first kappa shape index (κ1) is 20.7. The third-order valence-corrected chi connectivity index (χ3v) is 5.84. The van der Waals surface area contributed by atoms with Crippen molar-refractivity contribution in [2.75, 3.05) is 20.8 Å². The van der Waals surface area contributed by atoms with Gasteiger partial charge in [0.15, 0.2) is 11.5 Å². The minimum absolute atomic E-state index is 0.141. The fraction of sp³-hybridized carbons (Fsp3) is 0.292. The van der Waals surface area contributed by atoms with Crippen LogP contribution in [0.15, 0.2) is 59.7 Å². The first-order valence-corrected chi connectivity index (χ1v) is 10.1. The summed E-state index contributed by atoms with van der Waals surface area (Å²) >= 11 is 0. The van der Waals surface area contributed by atoms with E-state index in [-0.39, 0.29) is 23.3 Å². The van der Waals surface area contributed by atoms with Crippen molar-refractivity contribution in [3.05, 3.63) is 71.3 Å². The number of fused-ring (bicyclic) bond motifs is 1. The van der Waals surface area contributed by atoms with E-state index < -0.39 is 5.97 Å². The van der Waals surface area contributed by atoms with Crippen molar-refractivity contribution < 1.29 is 24.2 Å². The fourth-order valence-corrected chi connectivity index (χ4v) is 4.17. The predicted octanol–water partition coefficient (Wildman–Crippen LogP) is 3.84. The van der Waals surface area contributed by atoms with E-state index in [1.54, 1.807) is 14.2 Å². The van der Waals surface area contributed by atoms with Crippen LogP contribution >= 0.6 is 0 Å². The Morgan fingerprint density at radius 2 is 1.65 bits per heavy atom. The summed E-state index contributed by atoms with van der Waals surface area (Å²) in [5.74, 6) is 0.437. The molecule has 0 bridgehead atoms. The average molecular weight is 420 g/mol. The van der Waals surface area contributed by atoms with Gasteiger partial charge in [-0.1, -0.05) is 12.2 Å². The maximum atomic E-state index is 13.2. The molecule has 0 fully saturated rings. The van der Waals surface area contributed by atoms with Crippen LogP contribution in [-0.4, -0.2) is 48.5 Å². The average Bonchev–Trinajstić information content (AvgIpc) is 2.82. The van der Waals surface area contributed by atoms with E-state index in [1.165, 1.54) is 29.3 Å². The van der Waals surface area contributed by atoms with Crippen molar-refractivity contribution in [2.45, 2.75) is 12.8 Å². The molecule has 1 amide bonds. The number of amides is 1. The van der Waals surface area contributed by atoms with Crippen LogP contribution in [0.1, 0.15) is 39.1 Å². The van der Waals surface area contributed by atoms with Gasteiger partial charge < -0.3 is 14.6 Å². The molecular weight excluding hydrogens is 396 g/mol. The van der Waals surface area contributed by atoms with Gasteiger partial charge in [0.25, 0.3) is 5.91 Å². The lowest BCUT2D eigenvalue weighted by Crippen LogP contribution is -2.43. The zero-order chi connectivity index (χ0) is 22.0. The SMILES string of the molecule is COc1ccc(C2=NN(C(=O)c3ccc(C(=O)O)cc3)C[C@@H]3CC=CC[C@H]23)cc1OC. The highest BCUT2D eigenvalue weighted by atomic mass is 16.5. The quantitative estimate of drug-likeness (QED) is 0.743. The lowest BCUT2D eigenvalue weighted by Gasteiger charge is -2.37. The topological polar surface area (TPSA) is 88.4 Å². The molecule has 0 saturated carbocycles. The van der Waals surface area contributed by atoms with Crippen LogP contribution in [0.2, 0.25) is 0 Å². The molecule has 31 heavy (non-hydrogen) atoms. The molecule has 1 heterocycles. The van der Waals surface area contributed by atoms with Crippen molar-refractivity contribution in [3.63, 3.8) is 0 Å². The summed E-state index contributed by atoms with van der Waals surface area (Å²) in [5.41, 5.74) is 2.28. The maximum Gasteiger partial charge on any atom is 0.335 e. The minimum atomic E-state index is -1.03. The van der Waals surface area contributed by atoms with Crippen molar-refractivity contribution in [2.24, 2.45) is 16.9 Å². The molecule has 0 spiro atoms. The van der Waals surface area contributed by atoms with E-state index >= 15 is 0 Å². The monoisotopic (exact) mass is 420 g/mol. The molecule has 4 rings (SSSR count). The molecular formula is C24H24N2O5. The van der Waals surface area contributed by atoms with E-state index in [0.717, 1.165) is 24.1 Å². The van der Waals surface area contributed by atoms with Crippen LogP contribution in [0.3, 0.4) is 0 Å². The molecule has 2 atom stereocenters. The molecule has 7 nitrogen and oxygen atoms in total. The fourth-order valence-electron chi connectivity index (χ4n) is 4.17. The van der Waals surface area contributed by atoms with Gasteiger partial charge in [-0.2, -0.15) is 5.10 Å². The van der Waals surface area contributed by atoms with Crippen LogP contribution in [0.25, 0.3) is 0 Å². The Kier molecular flexibility index (Phi) is 5.75. The number of hydrazone groups is 1. The van der Waals surface area contributed by atoms with Crippen LogP contribution < -0.4 is 9.47 Å². The normalized spacial score (nSPS) is 19.9. The first-order valence-electron chi connectivity index (χ1n) is 10.1. The first-order chi connectivity index (χ1) is 15.0. The summed E-state index contributed by atoms with van der Waals surface area (Å²) in [5, 5.41) is 15.3. The number of ether oxygens (including phenoxy) is 2. The predicted molar refractivity (Wildman–Crippen MR) is 116 cm³/mol. The van der Waals surface area contributed by atoms with Crippen molar-refractivity contribution in [1.82, 2.24) is 5.01 Å². The maximum absolute atomic E-state index is 13.2. The van der Waals surface area contributed by atoms with Crippen molar-refractivity contribution in [3.8, 4) is 11.5 Å². The Morgan fingerprint density at radius 1 is 0.968 bits per heavy atom. The summed E-state index contributed by atoms with van der Waals surface area (Å²) in [7, 11) is 3.18. The second-order valence-electron chi connectivity index (χ2n) is 7.63. The molecule has 2 aromatic carbocycles. The van der Waals surface area contributed by atoms with Crippen LogP contribution in [0.5, 0.6) is 11.5 Å². The lowest BCUT2D eigenvalue weighted by atomic mass is 9.77. The highest BCUT2D eigenvalue weighted by Gasteiger charge is 2.36. The molecule has 0 unspecified atom stereocenters. The van der Waals surface area contributed by atoms with Gasteiger partial charge >= 0.3 is 5.97 Å². The number of hydrogen-bond donors (Lipinski definition) is 1. The van der Waals surface area contributed by atoms with Crippen LogP contribution in [0, 0.1) is 11.8 Å². The number of carboxylic acids is 1. The van der Waals surface area contributed by atoms with Gasteiger partial charge in [-0.15, -0.1) is 0 Å². The Bertz CT molecular complexity index is 1060.